The van der Waals surface area contributed by atoms with Gasteiger partial charge in [0.2, 0.25) is 0 Å². The van der Waals surface area contributed by atoms with Crippen LogP contribution in [0.2, 0.25) is 10.2 Å². The standard InChI is InChI=1S/C14H12Cl2N2O2/c1-18(9-4-3-5-10(8-9)20-2)14(19)13-11(15)6-7-12(16)17-13/h3-8H,1-2H3. The van der Waals surface area contributed by atoms with Crippen LogP contribution in [-0.2, 0) is 0 Å². The maximum atomic E-state index is 12.4. The van der Waals surface area contributed by atoms with Crippen LogP contribution in [0.5, 0.6) is 5.75 Å². The molecule has 0 N–H and O–H groups in total. The van der Waals surface area contributed by atoms with Crippen LogP contribution < -0.4 is 9.64 Å². The van der Waals surface area contributed by atoms with Gasteiger partial charge in [0.05, 0.1) is 12.1 Å². The zero-order valence-electron chi connectivity index (χ0n) is 10.9. The van der Waals surface area contributed by atoms with Gasteiger partial charge in [0.15, 0.2) is 0 Å². The molecule has 0 aliphatic heterocycles. The Balaban J connectivity index is 2.34. The van der Waals surface area contributed by atoms with Gasteiger partial charge in [-0.25, -0.2) is 4.98 Å². The summed E-state index contributed by atoms with van der Waals surface area (Å²) in [6.45, 7) is 0. The molecule has 0 spiro atoms. The fourth-order valence-corrected chi connectivity index (χ4v) is 2.00. The number of hydrogen-bond donors (Lipinski definition) is 0. The maximum absolute atomic E-state index is 12.4. The molecular weight excluding hydrogens is 299 g/mol. The van der Waals surface area contributed by atoms with E-state index in [-0.39, 0.29) is 21.8 Å². The molecule has 0 aliphatic carbocycles. The van der Waals surface area contributed by atoms with Crippen molar-refractivity contribution in [2.24, 2.45) is 0 Å². The Morgan fingerprint density at radius 2 is 2.00 bits per heavy atom. The molecule has 6 heteroatoms. The van der Waals surface area contributed by atoms with Crippen LogP contribution in [0.1, 0.15) is 10.5 Å². The lowest BCUT2D eigenvalue weighted by molar-refractivity contribution is 0.0988. The molecule has 1 heterocycles. The zero-order chi connectivity index (χ0) is 14.7. The zero-order valence-corrected chi connectivity index (χ0v) is 12.4. The van der Waals surface area contributed by atoms with Gasteiger partial charge in [-0.1, -0.05) is 29.3 Å². The van der Waals surface area contributed by atoms with E-state index in [0.29, 0.717) is 11.4 Å². The first-order chi connectivity index (χ1) is 9.52. The number of nitrogens with zero attached hydrogens (tertiary/aromatic N) is 2. The molecule has 0 bridgehead atoms. The molecule has 0 radical (unpaired) electrons. The van der Waals surface area contributed by atoms with Gasteiger partial charge in [-0.15, -0.1) is 0 Å². The van der Waals surface area contributed by atoms with Crippen molar-refractivity contribution in [3.05, 3.63) is 52.3 Å². The third kappa shape index (κ3) is 3.03. The summed E-state index contributed by atoms with van der Waals surface area (Å²) in [6, 6.07) is 10.2. The minimum Gasteiger partial charge on any atom is -0.497 e. The lowest BCUT2D eigenvalue weighted by Gasteiger charge is -2.18. The Kier molecular flexibility index (Phi) is 4.47. The van der Waals surface area contributed by atoms with Crippen LogP contribution in [0.4, 0.5) is 5.69 Å². The van der Waals surface area contributed by atoms with Crippen LogP contribution in [0, 0.1) is 0 Å². The van der Waals surface area contributed by atoms with Gasteiger partial charge in [-0.2, -0.15) is 0 Å². The van der Waals surface area contributed by atoms with Crippen LogP contribution in [0.15, 0.2) is 36.4 Å². The number of carbonyl (C=O) groups is 1. The first kappa shape index (κ1) is 14.6. The lowest BCUT2D eigenvalue weighted by Crippen LogP contribution is -2.27. The van der Waals surface area contributed by atoms with Gasteiger partial charge in [0, 0.05) is 18.8 Å². The highest BCUT2D eigenvalue weighted by Crippen LogP contribution is 2.24. The van der Waals surface area contributed by atoms with Crippen LogP contribution in [0.25, 0.3) is 0 Å². The van der Waals surface area contributed by atoms with Gasteiger partial charge < -0.3 is 9.64 Å². The van der Waals surface area contributed by atoms with Crippen molar-refractivity contribution in [2.75, 3.05) is 19.1 Å². The molecule has 1 aromatic heterocycles. The number of ether oxygens (including phenoxy) is 1. The molecule has 0 unspecified atom stereocenters. The molecule has 2 aromatic rings. The summed E-state index contributed by atoms with van der Waals surface area (Å²) in [5.41, 5.74) is 0.789. The number of aromatic nitrogens is 1. The van der Waals surface area contributed by atoms with Crippen LogP contribution in [-0.4, -0.2) is 25.0 Å². The molecule has 104 valence electrons. The average molecular weight is 311 g/mol. The Hall–Kier alpha value is -1.78. The summed E-state index contributed by atoms with van der Waals surface area (Å²) in [6.07, 6.45) is 0. The summed E-state index contributed by atoms with van der Waals surface area (Å²) >= 11 is 11.8. The van der Waals surface area contributed by atoms with Crippen molar-refractivity contribution >= 4 is 34.8 Å². The number of methoxy groups -OCH3 is 1. The fraction of sp³-hybridized carbons (Fsp3) is 0.143. The van der Waals surface area contributed by atoms with E-state index in [1.54, 1.807) is 44.5 Å². The molecule has 0 saturated heterocycles. The molecule has 0 atom stereocenters. The first-order valence-corrected chi connectivity index (χ1v) is 6.52. The van der Waals surface area contributed by atoms with E-state index < -0.39 is 0 Å². The summed E-state index contributed by atoms with van der Waals surface area (Å²) in [7, 11) is 3.20. The molecular formula is C14H12Cl2N2O2. The fourth-order valence-electron chi connectivity index (χ4n) is 1.66. The topological polar surface area (TPSA) is 42.4 Å². The molecule has 20 heavy (non-hydrogen) atoms. The minimum absolute atomic E-state index is 0.115. The summed E-state index contributed by atoms with van der Waals surface area (Å²) < 4.78 is 5.13. The number of rotatable bonds is 3. The first-order valence-electron chi connectivity index (χ1n) is 5.77. The monoisotopic (exact) mass is 310 g/mol. The van der Waals surface area contributed by atoms with E-state index in [2.05, 4.69) is 4.98 Å². The second-order valence-electron chi connectivity index (χ2n) is 4.03. The summed E-state index contributed by atoms with van der Waals surface area (Å²) in [4.78, 5) is 17.8. The summed E-state index contributed by atoms with van der Waals surface area (Å²) in [5.74, 6) is 0.318. The molecule has 0 aliphatic rings. The highest BCUT2D eigenvalue weighted by atomic mass is 35.5. The molecule has 2 rings (SSSR count). The second kappa shape index (κ2) is 6.11. The van der Waals surface area contributed by atoms with Gasteiger partial charge in [0.1, 0.15) is 16.6 Å². The number of hydrogen-bond acceptors (Lipinski definition) is 3. The van der Waals surface area contributed by atoms with E-state index in [1.165, 1.54) is 11.0 Å². The van der Waals surface area contributed by atoms with Crippen LogP contribution in [0.3, 0.4) is 0 Å². The van der Waals surface area contributed by atoms with Crippen molar-refractivity contribution in [2.45, 2.75) is 0 Å². The van der Waals surface area contributed by atoms with Crippen molar-refractivity contribution in [1.29, 1.82) is 0 Å². The second-order valence-corrected chi connectivity index (χ2v) is 4.82. The lowest BCUT2D eigenvalue weighted by atomic mass is 10.2. The summed E-state index contributed by atoms with van der Waals surface area (Å²) in [5, 5.41) is 0.478. The van der Waals surface area contributed by atoms with Crippen molar-refractivity contribution in [1.82, 2.24) is 4.98 Å². The molecule has 0 fully saturated rings. The van der Waals surface area contributed by atoms with Crippen LogP contribution >= 0.6 is 23.2 Å². The third-order valence-corrected chi connectivity index (χ3v) is 3.28. The SMILES string of the molecule is COc1cccc(N(C)C(=O)c2nc(Cl)ccc2Cl)c1. The van der Waals surface area contributed by atoms with Crippen molar-refractivity contribution in [3.8, 4) is 5.75 Å². The normalized spacial score (nSPS) is 10.2. The quantitative estimate of drug-likeness (QED) is 0.812. The van der Waals surface area contributed by atoms with E-state index in [1.807, 2.05) is 0 Å². The van der Waals surface area contributed by atoms with E-state index in [9.17, 15) is 4.79 Å². The molecule has 1 amide bonds. The molecule has 4 nitrogen and oxygen atoms in total. The Labute approximate surface area is 126 Å². The Morgan fingerprint density at radius 3 is 2.70 bits per heavy atom. The Bertz CT molecular complexity index is 647. The number of amides is 1. The number of carbonyl (C=O) groups excluding carboxylic acids is 1. The third-order valence-electron chi connectivity index (χ3n) is 2.76. The minimum atomic E-state index is -0.342. The number of benzene rings is 1. The largest absolute Gasteiger partial charge is 0.497 e. The van der Waals surface area contributed by atoms with E-state index >= 15 is 0 Å². The Morgan fingerprint density at radius 1 is 1.25 bits per heavy atom. The average Bonchev–Trinajstić information content (AvgIpc) is 2.48. The highest BCUT2D eigenvalue weighted by Gasteiger charge is 2.19. The van der Waals surface area contributed by atoms with E-state index in [4.69, 9.17) is 27.9 Å². The van der Waals surface area contributed by atoms with Crippen molar-refractivity contribution < 1.29 is 9.53 Å². The predicted octanol–water partition coefficient (Wildman–Crippen LogP) is 3.67. The number of pyridine rings is 1. The van der Waals surface area contributed by atoms with Gasteiger partial charge in [0.25, 0.3) is 5.91 Å². The molecule has 1 aromatic carbocycles. The van der Waals surface area contributed by atoms with E-state index in [0.717, 1.165) is 0 Å². The maximum Gasteiger partial charge on any atom is 0.278 e. The van der Waals surface area contributed by atoms with Gasteiger partial charge in [-0.05, 0) is 24.3 Å². The van der Waals surface area contributed by atoms with Gasteiger partial charge in [-0.3, -0.25) is 4.79 Å². The number of anilines is 1. The predicted molar refractivity (Wildman–Crippen MR) is 80.0 cm³/mol. The highest BCUT2D eigenvalue weighted by molar-refractivity contribution is 6.35. The van der Waals surface area contributed by atoms with Crippen molar-refractivity contribution in [3.63, 3.8) is 0 Å². The molecule has 0 saturated carbocycles. The number of halogens is 2. The smallest absolute Gasteiger partial charge is 0.278 e. The van der Waals surface area contributed by atoms with Gasteiger partial charge >= 0.3 is 0 Å².